The van der Waals surface area contributed by atoms with Gasteiger partial charge >= 0.3 is 0 Å². The van der Waals surface area contributed by atoms with E-state index in [0.717, 1.165) is 12.8 Å². The van der Waals surface area contributed by atoms with Crippen LogP contribution in [0.25, 0.3) is 0 Å². The largest absolute Gasteiger partial charge is 0.0848 e. The molecule has 0 saturated heterocycles. The first-order chi connectivity index (χ1) is 3.91. The van der Waals surface area contributed by atoms with E-state index >= 15 is 0 Å². The van der Waals surface area contributed by atoms with Gasteiger partial charge < -0.3 is 0 Å². The summed E-state index contributed by atoms with van der Waals surface area (Å²) in [6.45, 7) is 5.78. The average Bonchev–Trinajstić information content (AvgIpc) is 1.81. The molecule has 0 aromatic heterocycles. The molecule has 1 radical (unpaired) electrons. The Hall–Kier alpha value is -0.520. The standard InChI is InChI=1S/C8H13/c1-3-5-7-8-6-4-2/h5-8H,1,3-4H2,2H3/b7-5+,8-6+. The van der Waals surface area contributed by atoms with Crippen molar-refractivity contribution in [2.45, 2.75) is 19.8 Å². The minimum Gasteiger partial charge on any atom is -0.0848 e. The molecule has 0 bridgehead atoms. The second-order valence-electron chi connectivity index (χ2n) is 1.55. The van der Waals surface area contributed by atoms with Crippen molar-refractivity contribution in [1.29, 1.82) is 0 Å². The zero-order valence-electron chi connectivity index (χ0n) is 5.43. The lowest BCUT2D eigenvalue weighted by Crippen LogP contribution is -1.52. The lowest BCUT2D eigenvalue weighted by Gasteiger charge is -1.74. The predicted molar refractivity (Wildman–Crippen MR) is 38.5 cm³/mol. The third-order valence-electron chi connectivity index (χ3n) is 0.786. The van der Waals surface area contributed by atoms with Crippen LogP contribution in [0.3, 0.4) is 0 Å². The SMILES string of the molecule is [CH2]C/C=C/C=C/CC. The molecule has 0 N–H and O–H groups in total. The first kappa shape index (κ1) is 7.48. The Morgan fingerprint density at radius 3 is 2.38 bits per heavy atom. The summed E-state index contributed by atoms with van der Waals surface area (Å²) < 4.78 is 0. The smallest absolute Gasteiger partial charge is 0.0347 e. The van der Waals surface area contributed by atoms with Crippen LogP contribution in [-0.2, 0) is 0 Å². The van der Waals surface area contributed by atoms with E-state index in [1.807, 2.05) is 18.2 Å². The van der Waals surface area contributed by atoms with Crippen LogP contribution in [0, 0.1) is 6.92 Å². The molecule has 0 atom stereocenters. The molecule has 0 heterocycles. The summed E-state index contributed by atoms with van der Waals surface area (Å²) >= 11 is 0. The molecule has 0 rings (SSSR count). The van der Waals surface area contributed by atoms with Crippen molar-refractivity contribution in [3.05, 3.63) is 31.2 Å². The Kier molecular flexibility index (Phi) is 6.06. The Balaban J connectivity index is 3.13. The molecule has 8 heavy (non-hydrogen) atoms. The number of allylic oxidation sites excluding steroid dienone is 4. The summed E-state index contributed by atoms with van der Waals surface area (Å²) in [5, 5.41) is 0. The summed E-state index contributed by atoms with van der Waals surface area (Å²) in [4.78, 5) is 0. The highest BCUT2D eigenvalue weighted by molar-refractivity contribution is 5.01. The molecular weight excluding hydrogens is 96.1 g/mol. The highest BCUT2D eigenvalue weighted by atomic mass is 13.7. The highest BCUT2D eigenvalue weighted by Crippen LogP contribution is 1.83. The maximum atomic E-state index is 3.66. The highest BCUT2D eigenvalue weighted by Gasteiger charge is 1.61. The summed E-state index contributed by atoms with van der Waals surface area (Å²) in [7, 11) is 0. The van der Waals surface area contributed by atoms with E-state index in [9.17, 15) is 0 Å². The molecule has 45 valence electrons. The number of rotatable bonds is 3. The van der Waals surface area contributed by atoms with Crippen molar-refractivity contribution >= 4 is 0 Å². The lowest BCUT2D eigenvalue weighted by molar-refractivity contribution is 1.22. The molecule has 0 aromatic rings. The zero-order chi connectivity index (χ0) is 6.24. The average molecular weight is 109 g/mol. The van der Waals surface area contributed by atoms with Crippen LogP contribution in [0.2, 0.25) is 0 Å². The van der Waals surface area contributed by atoms with Gasteiger partial charge in [0.05, 0.1) is 0 Å². The minimum atomic E-state index is 0.883. The van der Waals surface area contributed by atoms with Crippen LogP contribution < -0.4 is 0 Å². The first-order valence-corrected chi connectivity index (χ1v) is 3.02. The van der Waals surface area contributed by atoms with Crippen molar-refractivity contribution in [3.8, 4) is 0 Å². The Morgan fingerprint density at radius 2 is 1.88 bits per heavy atom. The zero-order valence-corrected chi connectivity index (χ0v) is 5.43. The molecule has 0 spiro atoms. The van der Waals surface area contributed by atoms with Gasteiger partial charge in [0.25, 0.3) is 0 Å². The molecule has 0 aliphatic carbocycles. The van der Waals surface area contributed by atoms with Crippen LogP contribution in [0.4, 0.5) is 0 Å². The van der Waals surface area contributed by atoms with Crippen LogP contribution in [0.5, 0.6) is 0 Å². The van der Waals surface area contributed by atoms with Crippen molar-refractivity contribution in [1.82, 2.24) is 0 Å². The first-order valence-electron chi connectivity index (χ1n) is 3.02. The fraction of sp³-hybridized carbons (Fsp3) is 0.375. The maximum Gasteiger partial charge on any atom is -0.0347 e. The normalized spacial score (nSPS) is 11.8. The molecule has 0 aliphatic rings. The molecule has 0 amide bonds. The second kappa shape index (κ2) is 6.48. The van der Waals surface area contributed by atoms with Gasteiger partial charge in [-0.1, -0.05) is 31.2 Å². The topological polar surface area (TPSA) is 0 Å². The van der Waals surface area contributed by atoms with Crippen LogP contribution >= 0.6 is 0 Å². The molecule has 0 unspecified atom stereocenters. The summed E-state index contributed by atoms with van der Waals surface area (Å²) in [6, 6.07) is 0. The Labute approximate surface area is 51.9 Å². The third-order valence-corrected chi connectivity index (χ3v) is 0.786. The van der Waals surface area contributed by atoms with Gasteiger partial charge in [0, 0.05) is 0 Å². The van der Waals surface area contributed by atoms with Crippen molar-refractivity contribution in [2.75, 3.05) is 0 Å². The van der Waals surface area contributed by atoms with Crippen LogP contribution in [0.15, 0.2) is 24.3 Å². The van der Waals surface area contributed by atoms with Gasteiger partial charge in [-0.2, -0.15) is 0 Å². The van der Waals surface area contributed by atoms with Gasteiger partial charge in [0.1, 0.15) is 0 Å². The van der Waals surface area contributed by atoms with E-state index in [4.69, 9.17) is 0 Å². The van der Waals surface area contributed by atoms with Crippen molar-refractivity contribution in [2.24, 2.45) is 0 Å². The van der Waals surface area contributed by atoms with Gasteiger partial charge in [0.2, 0.25) is 0 Å². The Bertz CT molecular complexity index is 66.0. The van der Waals surface area contributed by atoms with E-state index in [2.05, 4.69) is 19.9 Å². The molecular formula is C8H13. The Morgan fingerprint density at radius 1 is 1.25 bits per heavy atom. The molecule has 0 nitrogen and oxygen atoms in total. The molecule has 0 aliphatic heterocycles. The van der Waals surface area contributed by atoms with E-state index < -0.39 is 0 Å². The fourth-order valence-electron chi connectivity index (χ4n) is 0.389. The summed E-state index contributed by atoms with van der Waals surface area (Å²) in [6.07, 6.45) is 10.2. The van der Waals surface area contributed by atoms with E-state index in [1.165, 1.54) is 0 Å². The van der Waals surface area contributed by atoms with Gasteiger partial charge in [-0.15, -0.1) is 0 Å². The predicted octanol–water partition coefficient (Wildman–Crippen LogP) is 2.73. The quantitative estimate of drug-likeness (QED) is 0.489. The number of hydrogen-bond donors (Lipinski definition) is 0. The van der Waals surface area contributed by atoms with Gasteiger partial charge in [-0.25, -0.2) is 0 Å². The molecule has 0 saturated carbocycles. The molecule has 0 fully saturated rings. The van der Waals surface area contributed by atoms with Crippen molar-refractivity contribution in [3.63, 3.8) is 0 Å². The van der Waals surface area contributed by atoms with E-state index in [-0.39, 0.29) is 0 Å². The monoisotopic (exact) mass is 109 g/mol. The molecule has 0 heteroatoms. The summed E-state index contributed by atoms with van der Waals surface area (Å²) in [5.41, 5.74) is 0. The summed E-state index contributed by atoms with van der Waals surface area (Å²) in [5.74, 6) is 0. The molecule has 0 aromatic carbocycles. The maximum absolute atomic E-state index is 3.66. The number of hydrogen-bond acceptors (Lipinski definition) is 0. The van der Waals surface area contributed by atoms with Gasteiger partial charge in [-0.3, -0.25) is 0 Å². The van der Waals surface area contributed by atoms with E-state index in [1.54, 1.807) is 0 Å². The lowest BCUT2D eigenvalue weighted by atomic mass is 10.3. The van der Waals surface area contributed by atoms with Crippen LogP contribution in [-0.4, -0.2) is 0 Å². The van der Waals surface area contributed by atoms with Crippen LogP contribution in [0.1, 0.15) is 19.8 Å². The van der Waals surface area contributed by atoms with E-state index in [0.29, 0.717) is 0 Å². The second-order valence-corrected chi connectivity index (χ2v) is 1.55. The van der Waals surface area contributed by atoms with Crippen molar-refractivity contribution < 1.29 is 0 Å². The van der Waals surface area contributed by atoms with Gasteiger partial charge in [0.15, 0.2) is 0 Å². The minimum absolute atomic E-state index is 0.883. The van der Waals surface area contributed by atoms with Gasteiger partial charge in [-0.05, 0) is 19.8 Å². The third kappa shape index (κ3) is 5.48. The fourth-order valence-corrected chi connectivity index (χ4v) is 0.389.